The lowest BCUT2D eigenvalue weighted by atomic mass is 10.2. The second kappa shape index (κ2) is 8.50. The summed E-state index contributed by atoms with van der Waals surface area (Å²) in [6.07, 6.45) is 2.45. The first-order valence-electron chi connectivity index (χ1n) is 7.36. The van der Waals surface area contributed by atoms with Crippen molar-refractivity contribution in [3.63, 3.8) is 0 Å². The van der Waals surface area contributed by atoms with Gasteiger partial charge in [0.15, 0.2) is 0 Å². The van der Waals surface area contributed by atoms with Crippen LogP contribution in [-0.2, 0) is 4.74 Å². The molecule has 23 heavy (non-hydrogen) atoms. The van der Waals surface area contributed by atoms with Gasteiger partial charge in [-0.1, -0.05) is 17.7 Å². The van der Waals surface area contributed by atoms with Crippen molar-refractivity contribution in [1.29, 1.82) is 0 Å². The highest BCUT2D eigenvalue weighted by atomic mass is 35.5. The molecular formula is C17H20ClN3O2. The predicted molar refractivity (Wildman–Crippen MR) is 93.4 cm³/mol. The van der Waals surface area contributed by atoms with Crippen LogP contribution in [-0.4, -0.2) is 31.2 Å². The molecule has 0 aliphatic carbocycles. The molecule has 5 nitrogen and oxygen atoms in total. The predicted octanol–water partition coefficient (Wildman–Crippen LogP) is 3.74. The molecule has 1 aromatic carbocycles. The Hall–Kier alpha value is -2.11. The molecular weight excluding hydrogens is 314 g/mol. The van der Waals surface area contributed by atoms with E-state index in [0.717, 1.165) is 24.3 Å². The Bertz CT molecular complexity index is 659. The van der Waals surface area contributed by atoms with E-state index in [1.807, 2.05) is 13.0 Å². The zero-order valence-corrected chi connectivity index (χ0v) is 14.0. The molecule has 122 valence electrons. The summed E-state index contributed by atoms with van der Waals surface area (Å²) in [4.78, 5) is 16.5. The Balaban J connectivity index is 1.96. The van der Waals surface area contributed by atoms with Crippen LogP contribution in [0.25, 0.3) is 0 Å². The molecule has 0 atom stereocenters. The maximum Gasteiger partial charge on any atom is 0.257 e. The summed E-state index contributed by atoms with van der Waals surface area (Å²) in [5.74, 6) is 0.519. The maximum atomic E-state index is 12.3. The molecule has 2 N–H and O–H groups in total. The van der Waals surface area contributed by atoms with Crippen molar-refractivity contribution < 1.29 is 9.53 Å². The van der Waals surface area contributed by atoms with Gasteiger partial charge in [0.25, 0.3) is 5.91 Å². The average molecular weight is 334 g/mol. The topological polar surface area (TPSA) is 63.2 Å². The number of methoxy groups -OCH3 is 1. The van der Waals surface area contributed by atoms with E-state index < -0.39 is 0 Å². The molecule has 6 heteroatoms. The molecule has 1 heterocycles. The van der Waals surface area contributed by atoms with Crippen LogP contribution < -0.4 is 10.6 Å². The number of nitrogens with one attached hydrogen (secondary N) is 2. The molecule has 0 saturated heterocycles. The van der Waals surface area contributed by atoms with Gasteiger partial charge in [0.2, 0.25) is 0 Å². The van der Waals surface area contributed by atoms with Gasteiger partial charge in [-0.3, -0.25) is 4.79 Å². The van der Waals surface area contributed by atoms with E-state index in [-0.39, 0.29) is 5.91 Å². The number of carbonyl (C=O) groups excluding carboxylic acids is 1. The number of pyridine rings is 1. The lowest BCUT2D eigenvalue weighted by Crippen LogP contribution is -2.13. The van der Waals surface area contributed by atoms with Crippen molar-refractivity contribution in [2.24, 2.45) is 0 Å². The summed E-state index contributed by atoms with van der Waals surface area (Å²) in [5.41, 5.74) is 2.14. The second-order valence-electron chi connectivity index (χ2n) is 5.12. The minimum absolute atomic E-state index is 0.214. The summed E-state index contributed by atoms with van der Waals surface area (Å²) in [6, 6.07) is 8.91. The normalized spacial score (nSPS) is 10.4. The lowest BCUT2D eigenvalue weighted by Gasteiger charge is -2.09. The van der Waals surface area contributed by atoms with Gasteiger partial charge in [0.05, 0.1) is 5.56 Å². The summed E-state index contributed by atoms with van der Waals surface area (Å²) >= 11 is 5.96. The van der Waals surface area contributed by atoms with Gasteiger partial charge in [-0.15, -0.1) is 0 Å². The molecule has 0 aliphatic rings. The Kier molecular flexibility index (Phi) is 6.38. The minimum atomic E-state index is -0.214. The largest absolute Gasteiger partial charge is 0.385 e. The number of aryl methyl sites for hydroxylation is 1. The standard InChI is InChI=1S/C17H20ClN3O2/c1-12-4-6-14(18)10-15(12)21-17(22)13-5-7-16(20-11-13)19-8-3-9-23-2/h4-7,10-11H,3,8-9H2,1-2H3,(H,19,20)(H,21,22). The Labute approximate surface area is 141 Å². The number of halogens is 1. The van der Waals surface area contributed by atoms with Crippen molar-refractivity contribution in [1.82, 2.24) is 4.98 Å². The number of rotatable bonds is 7. The molecule has 0 unspecified atom stereocenters. The van der Waals surface area contributed by atoms with E-state index in [1.165, 1.54) is 0 Å². The van der Waals surface area contributed by atoms with Gasteiger partial charge in [0, 0.05) is 37.2 Å². The van der Waals surface area contributed by atoms with Crippen molar-refractivity contribution >= 4 is 29.0 Å². The second-order valence-corrected chi connectivity index (χ2v) is 5.56. The van der Waals surface area contributed by atoms with E-state index in [0.29, 0.717) is 22.9 Å². The number of hydrogen-bond donors (Lipinski definition) is 2. The SMILES string of the molecule is COCCCNc1ccc(C(=O)Nc2cc(Cl)ccc2C)cn1. The number of aromatic nitrogens is 1. The lowest BCUT2D eigenvalue weighted by molar-refractivity contribution is 0.102. The molecule has 0 fully saturated rings. The molecule has 1 amide bonds. The van der Waals surface area contributed by atoms with Crippen molar-refractivity contribution in [2.75, 3.05) is 30.9 Å². The highest BCUT2D eigenvalue weighted by Gasteiger charge is 2.09. The van der Waals surface area contributed by atoms with Gasteiger partial charge in [0.1, 0.15) is 5.82 Å². The quantitative estimate of drug-likeness (QED) is 0.758. The Morgan fingerprint density at radius 2 is 2.13 bits per heavy atom. The third-order valence-corrected chi connectivity index (χ3v) is 3.54. The van der Waals surface area contributed by atoms with E-state index in [9.17, 15) is 4.79 Å². The van der Waals surface area contributed by atoms with Crippen molar-refractivity contribution in [2.45, 2.75) is 13.3 Å². The third-order valence-electron chi connectivity index (χ3n) is 3.30. The molecule has 2 aromatic rings. The van der Waals surface area contributed by atoms with E-state index in [1.54, 1.807) is 37.6 Å². The summed E-state index contributed by atoms with van der Waals surface area (Å²) in [7, 11) is 1.67. The summed E-state index contributed by atoms with van der Waals surface area (Å²) < 4.78 is 4.98. The molecule has 1 aromatic heterocycles. The Morgan fingerprint density at radius 1 is 1.30 bits per heavy atom. The van der Waals surface area contributed by atoms with Gasteiger partial charge in [-0.25, -0.2) is 4.98 Å². The number of hydrogen-bond acceptors (Lipinski definition) is 4. The van der Waals surface area contributed by atoms with Crippen molar-refractivity contribution in [3.8, 4) is 0 Å². The van der Waals surface area contributed by atoms with Crippen LogP contribution in [0.5, 0.6) is 0 Å². The highest BCUT2D eigenvalue weighted by Crippen LogP contribution is 2.21. The number of amides is 1. The first-order chi connectivity index (χ1) is 11.1. The molecule has 0 saturated carbocycles. The smallest absolute Gasteiger partial charge is 0.257 e. The average Bonchev–Trinajstić information content (AvgIpc) is 2.55. The number of benzene rings is 1. The van der Waals surface area contributed by atoms with Crippen LogP contribution in [0.15, 0.2) is 36.5 Å². The van der Waals surface area contributed by atoms with Gasteiger partial charge in [-0.2, -0.15) is 0 Å². The molecule has 0 aliphatic heterocycles. The van der Waals surface area contributed by atoms with Crippen LogP contribution in [0.4, 0.5) is 11.5 Å². The zero-order valence-electron chi connectivity index (χ0n) is 13.2. The van der Waals surface area contributed by atoms with Crippen LogP contribution in [0, 0.1) is 6.92 Å². The highest BCUT2D eigenvalue weighted by molar-refractivity contribution is 6.31. The number of carbonyl (C=O) groups is 1. The monoisotopic (exact) mass is 333 g/mol. The molecule has 0 radical (unpaired) electrons. The van der Waals surface area contributed by atoms with Crippen LogP contribution in [0.1, 0.15) is 22.3 Å². The first-order valence-corrected chi connectivity index (χ1v) is 7.74. The van der Waals surface area contributed by atoms with Crippen LogP contribution in [0.3, 0.4) is 0 Å². The maximum absolute atomic E-state index is 12.3. The van der Waals surface area contributed by atoms with Gasteiger partial charge >= 0.3 is 0 Å². The van der Waals surface area contributed by atoms with Gasteiger partial charge in [-0.05, 0) is 43.2 Å². The third kappa shape index (κ3) is 5.23. The van der Waals surface area contributed by atoms with Crippen molar-refractivity contribution in [3.05, 3.63) is 52.7 Å². The fourth-order valence-corrected chi connectivity index (χ4v) is 2.16. The summed E-state index contributed by atoms with van der Waals surface area (Å²) in [5, 5.41) is 6.60. The number of nitrogens with zero attached hydrogens (tertiary/aromatic N) is 1. The molecule has 0 spiro atoms. The van der Waals surface area contributed by atoms with E-state index in [4.69, 9.17) is 16.3 Å². The van der Waals surface area contributed by atoms with Crippen LogP contribution in [0.2, 0.25) is 5.02 Å². The summed E-state index contributed by atoms with van der Waals surface area (Å²) in [6.45, 7) is 3.39. The fourth-order valence-electron chi connectivity index (χ4n) is 1.99. The molecule has 2 rings (SSSR count). The number of anilines is 2. The minimum Gasteiger partial charge on any atom is -0.385 e. The van der Waals surface area contributed by atoms with E-state index >= 15 is 0 Å². The fraction of sp³-hybridized carbons (Fsp3) is 0.294. The van der Waals surface area contributed by atoms with Crippen LogP contribution >= 0.6 is 11.6 Å². The first kappa shape index (κ1) is 17.2. The zero-order chi connectivity index (χ0) is 16.7. The Morgan fingerprint density at radius 3 is 2.83 bits per heavy atom. The molecule has 0 bridgehead atoms. The number of ether oxygens (including phenoxy) is 1. The van der Waals surface area contributed by atoms with E-state index in [2.05, 4.69) is 15.6 Å². The van der Waals surface area contributed by atoms with Gasteiger partial charge < -0.3 is 15.4 Å².